The maximum Gasteiger partial charge on any atom is 0.0575 e. The molecule has 3 heteroatoms. The van der Waals surface area contributed by atoms with Gasteiger partial charge in [0.25, 0.3) is 0 Å². The van der Waals surface area contributed by atoms with Crippen molar-refractivity contribution < 1.29 is 4.84 Å². The number of nitrogens with zero attached hydrogens (tertiary/aromatic N) is 2. The molecule has 2 atom stereocenters. The number of rotatable bonds is 1. The van der Waals surface area contributed by atoms with Crippen LogP contribution < -0.4 is 0 Å². The van der Waals surface area contributed by atoms with Crippen molar-refractivity contribution in [3.05, 3.63) is 0 Å². The van der Waals surface area contributed by atoms with Gasteiger partial charge in [-0.25, -0.2) is 0 Å². The normalized spacial score (nSPS) is 39.8. The summed E-state index contributed by atoms with van der Waals surface area (Å²) in [4.78, 5) is 7.62. The molecule has 0 spiro atoms. The Kier molecular flexibility index (Phi) is 1.87. The van der Waals surface area contributed by atoms with Gasteiger partial charge >= 0.3 is 0 Å². The van der Waals surface area contributed by atoms with Gasteiger partial charge in [-0.3, -0.25) is 0 Å². The molecular weight excluding hydrogens is 140 g/mol. The summed E-state index contributed by atoms with van der Waals surface area (Å²) in [5.74, 6) is 1.72. The van der Waals surface area contributed by atoms with Gasteiger partial charge in [0.2, 0.25) is 0 Å². The Hall–Kier alpha value is -0.120. The molecule has 2 aliphatic heterocycles. The second kappa shape index (κ2) is 2.73. The van der Waals surface area contributed by atoms with Gasteiger partial charge in [0, 0.05) is 26.2 Å². The fourth-order valence-corrected chi connectivity index (χ4v) is 2.33. The van der Waals surface area contributed by atoms with Crippen LogP contribution in [-0.4, -0.2) is 50.3 Å². The number of likely N-dealkylation sites (tertiary alicyclic amines) is 1. The minimum atomic E-state index is 0.861. The van der Waals surface area contributed by atoms with Crippen molar-refractivity contribution in [1.82, 2.24) is 9.96 Å². The highest BCUT2D eigenvalue weighted by atomic mass is 16.7. The fourth-order valence-electron chi connectivity index (χ4n) is 2.33. The molecule has 2 unspecified atom stereocenters. The Morgan fingerprint density at radius 2 is 1.64 bits per heavy atom. The minimum absolute atomic E-state index is 0.861. The average molecular weight is 156 g/mol. The average Bonchev–Trinajstić information content (AvgIpc) is 2.43. The van der Waals surface area contributed by atoms with Crippen LogP contribution in [0.3, 0.4) is 0 Å². The first-order chi connectivity index (χ1) is 5.29. The molecule has 0 N–H and O–H groups in total. The van der Waals surface area contributed by atoms with E-state index in [9.17, 15) is 0 Å². The van der Waals surface area contributed by atoms with Gasteiger partial charge in [-0.1, -0.05) is 0 Å². The molecule has 2 fully saturated rings. The summed E-state index contributed by atoms with van der Waals surface area (Å²) in [6.45, 7) is 4.77. The maximum absolute atomic E-state index is 5.20. The van der Waals surface area contributed by atoms with Gasteiger partial charge < -0.3 is 9.74 Å². The number of fused-ring (bicyclic) bond motifs is 1. The van der Waals surface area contributed by atoms with Crippen LogP contribution >= 0.6 is 0 Å². The second-order valence-electron chi connectivity index (χ2n) is 3.77. The molecule has 0 aromatic carbocycles. The summed E-state index contributed by atoms with van der Waals surface area (Å²) in [7, 11) is 3.97. The third-order valence-corrected chi connectivity index (χ3v) is 2.89. The summed E-state index contributed by atoms with van der Waals surface area (Å²) in [5.41, 5.74) is 0. The molecule has 0 aromatic rings. The first kappa shape index (κ1) is 7.53. The number of hydrogen-bond donors (Lipinski definition) is 0. The Morgan fingerprint density at radius 1 is 1.09 bits per heavy atom. The van der Waals surface area contributed by atoms with E-state index < -0.39 is 0 Å². The molecular formula is C8H16N2O. The molecule has 11 heavy (non-hydrogen) atoms. The minimum Gasteiger partial charge on any atom is -0.306 e. The van der Waals surface area contributed by atoms with E-state index in [1.807, 2.05) is 0 Å². The molecule has 3 nitrogen and oxygen atoms in total. The lowest BCUT2D eigenvalue weighted by Crippen LogP contribution is -2.25. The molecule has 2 rings (SSSR count). The van der Waals surface area contributed by atoms with Gasteiger partial charge in [-0.05, 0) is 18.9 Å². The van der Waals surface area contributed by atoms with E-state index in [2.05, 4.69) is 17.0 Å². The summed E-state index contributed by atoms with van der Waals surface area (Å²) in [5, 5.41) is 2.09. The molecule has 0 saturated carbocycles. The standard InChI is InChI=1S/C8H16N2O/c1-9-3-7-5-10(11-2)6-8(7)4-9/h7-8H,3-6H2,1-2H3. The predicted molar refractivity (Wildman–Crippen MR) is 43.1 cm³/mol. The van der Waals surface area contributed by atoms with Crippen molar-refractivity contribution in [1.29, 1.82) is 0 Å². The van der Waals surface area contributed by atoms with E-state index in [1.54, 1.807) is 7.11 Å². The smallest absolute Gasteiger partial charge is 0.0575 e. The molecule has 0 radical (unpaired) electrons. The van der Waals surface area contributed by atoms with E-state index in [0.29, 0.717) is 0 Å². The van der Waals surface area contributed by atoms with Gasteiger partial charge in [0.1, 0.15) is 0 Å². The monoisotopic (exact) mass is 156 g/mol. The van der Waals surface area contributed by atoms with Crippen LogP contribution in [0.15, 0.2) is 0 Å². The third-order valence-electron chi connectivity index (χ3n) is 2.89. The Bertz CT molecular complexity index is 137. The molecule has 2 heterocycles. The summed E-state index contributed by atoms with van der Waals surface area (Å²) >= 11 is 0. The zero-order chi connectivity index (χ0) is 7.84. The second-order valence-corrected chi connectivity index (χ2v) is 3.77. The highest BCUT2D eigenvalue weighted by Gasteiger charge is 2.38. The molecule has 64 valence electrons. The first-order valence-electron chi connectivity index (χ1n) is 4.27. The topological polar surface area (TPSA) is 15.7 Å². The number of hydroxylamine groups is 2. The summed E-state index contributed by atoms with van der Waals surface area (Å²) in [6, 6.07) is 0. The third kappa shape index (κ3) is 1.28. The van der Waals surface area contributed by atoms with Crippen LogP contribution in [-0.2, 0) is 4.84 Å². The van der Waals surface area contributed by atoms with Crippen molar-refractivity contribution in [2.75, 3.05) is 40.3 Å². The van der Waals surface area contributed by atoms with Crippen LogP contribution in [0, 0.1) is 11.8 Å². The molecule has 2 saturated heterocycles. The predicted octanol–water partition coefficient (Wildman–Crippen LogP) is 0.0412. The van der Waals surface area contributed by atoms with E-state index in [1.165, 1.54) is 13.1 Å². The van der Waals surface area contributed by atoms with E-state index in [-0.39, 0.29) is 0 Å². The lowest BCUT2D eigenvalue weighted by atomic mass is 10.0. The fraction of sp³-hybridized carbons (Fsp3) is 1.00. The van der Waals surface area contributed by atoms with E-state index >= 15 is 0 Å². The largest absolute Gasteiger partial charge is 0.306 e. The Labute approximate surface area is 67.9 Å². The first-order valence-corrected chi connectivity index (χ1v) is 4.27. The Morgan fingerprint density at radius 3 is 2.09 bits per heavy atom. The molecule has 2 aliphatic rings. The van der Waals surface area contributed by atoms with Crippen molar-refractivity contribution in [2.24, 2.45) is 11.8 Å². The Balaban J connectivity index is 1.93. The number of hydrogen-bond acceptors (Lipinski definition) is 3. The zero-order valence-corrected chi connectivity index (χ0v) is 7.29. The van der Waals surface area contributed by atoms with Crippen molar-refractivity contribution in [3.8, 4) is 0 Å². The van der Waals surface area contributed by atoms with Crippen molar-refractivity contribution >= 4 is 0 Å². The van der Waals surface area contributed by atoms with Crippen molar-refractivity contribution in [3.63, 3.8) is 0 Å². The molecule has 0 aliphatic carbocycles. The van der Waals surface area contributed by atoms with Gasteiger partial charge in [-0.2, -0.15) is 5.06 Å². The lowest BCUT2D eigenvalue weighted by molar-refractivity contribution is -0.118. The van der Waals surface area contributed by atoms with Gasteiger partial charge in [-0.15, -0.1) is 0 Å². The van der Waals surface area contributed by atoms with Crippen LogP contribution in [0.2, 0.25) is 0 Å². The summed E-state index contributed by atoms with van der Waals surface area (Å²) < 4.78 is 0. The van der Waals surface area contributed by atoms with Gasteiger partial charge in [0.05, 0.1) is 7.11 Å². The van der Waals surface area contributed by atoms with Crippen LogP contribution in [0.25, 0.3) is 0 Å². The highest BCUT2D eigenvalue weighted by molar-refractivity contribution is 4.89. The van der Waals surface area contributed by atoms with Crippen LogP contribution in [0.4, 0.5) is 0 Å². The zero-order valence-electron chi connectivity index (χ0n) is 7.29. The van der Waals surface area contributed by atoms with E-state index in [0.717, 1.165) is 24.9 Å². The van der Waals surface area contributed by atoms with Crippen LogP contribution in [0.5, 0.6) is 0 Å². The quantitative estimate of drug-likeness (QED) is 0.533. The van der Waals surface area contributed by atoms with Crippen molar-refractivity contribution in [2.45, 2.75) is 0 Å². The maximum atomic E-state index is 5.20. The molecule has 0 aromatic heterocycles. The highest BCUT2D eigenvalue weighted by Crippen LogP contribution is 2.29. The lowest BCUT2D eigenvalue weighted by Gasteiger charge is -2.15. The summed E-state index contributed by atoms with van der Waals surface area (Å²) in [6.07, 6.45) is 0. The molecule has 0 amide bonds. The SMILES string of the molecule is CON1CC2CN(C)CC2C1. The van der Waals surface area contributed by atoms with E-state index in [4.69, 9.17) is 4.84 Å². The van der Waals surface area contributed by atoms with Gasteiger partial charge in [0.15, 0.2) is 0 Å². The van der Waals surface area contributed by atoms with Crippen LogP contribution in [0.1, 0.15) is 0 Å². The molecule has 0 bridgehead atoms.